The molecule has 1 aliphatic heterocycles. The first kappa shape index (κ1) is 17.7. The van der Waals surface area contributed by atoms with Gasteiger partial charge in [-0.1, -0.05) is 13.3 Å². The van der Waals surface area contributed by atoms with E-state index in [1.807, 2.05) is 6.92 Å². The molecular formula is C15H22N2O5S. The van der Waals surface area contributed by atoms with Crippen molar-refractivity contribution in [2.75, 3.05) is 25.5 Å². The Balaban J connectivity index is 2.25. The van der Waals surface area contributed by atoms with Gasteiger partial charge in [-0.25, -0.2) is 8.42 Å². The zero-order chi connectivity index (χ0) is 17.0. The van der Waals surface area contributed by atoms with Gasteiger partial charge in [-0.15, -0.1) is 0 Å². The number of aliphatic hydroxyl groups is 1. The molecule has 1 aromatic carbocycles. The van der Waals surface area contributed by atoms with E-state index in [9.17, 15) is 13.2 Å². The molecule has 1 aromatic rings. The highest BCUT2D eigenvalue weighted by Crippen LogP contribution is 2.33. The fourth-order valence-electron chi connectivity index (χ4n) is 2.31. The number of sulfonamides is 1. The van der Waals surface area contributed by atoms with Crippen molar-refractivity contribution in [1.29, 1.82) is 0 Å². The number of aliphatic hydroxyl groups excluding tert-OH is 1. The van der Waals surface area contributed by atoms with E-state index in [2.05, 4.69) is 5.32 Å². The summed E-state index contributed by atoms with van der Waals surface area (Å²) < 4.78 is 31.4. The van der Waals surface area contributed by atoms with E-state index in [0.29, 0.717) is 17.9 Å². The van der Waals surface area contributed by atoms with Crippen molar-refractivity contribution >= 4 is 21.6 Å². The first-order chi connectivity index (χ1) is 10.9. The Labute approximate surface area is 136 Å². The molecule has 2 N–H and O–H groups in total. The van der Waals surface area contributed by atoms with Crippen LogP contribution in [-0.2, 0) is 14.8 Å². The lowest BCUT2D eigenvalue weighted by molar-refractivity contribution is -0.123. The summed E-state index contributed by atoms with van der Waals surface area (Å²) in [5, 5.41) is 11.6. The zero-order valence-electron chi connectivity index (χ0n) is 13.3. The van der Waals surface area contributed by atoms with Gasteiger partial charge in [0.2, 0.25) is 10.0 Å². The number of ether oxygens (including phenoxy) is 1. The number of rotatable bonds is 7. The average molecular weight is 342 g/mol. The second-order valence-corrected chi connectivity index (χ2v) is 7.49. The van der Waals surface area contributed by atoms with Gasteiger partial charge < -0.3 is 15.2 Å². The van der Waals surface area contributed by atoms with Gasteiger partial charge in [0.05, 0.1) is 17.2 Å². The van der Waals surface area contributed by atoms with Gasteiger partial charge in [0, 0.05) is 13.6 Å². The third kappa shape index (κ3) is 3.82. The van der Waals surface area contributed by atoms with Crippen molar-refractivity contribution in [2.45, 2.75) is 37.2 Å². The fourth-order valence-corrected chi connectivity index (χ4v) is 3.50. The monoisotopic (exact) mass is 342 g/mol. The number of anilines is 1. The van der Waals surface area contributed by atoms with Gasteiger partial charge in [0.1, 0.15) is 5.75 Å². The van der Waals surface area contributed by atoms with E-state index in [1.54, 1.807) is 6.07 Å². The molecule has 23 heavy (non-hydrogen) atoms. The Hall–Kier alpha value is -1.64. The molecule has 128 valence electrons. The lowest BCUT2D eigenvalue weighted by Crippen LogP contribution is -2.37. The molecule has 7 nitrogen and oxygen atoms in total. The van der Waals surface area contributed by atoms with Crippen LogP contribution in [0.1, 0.15) is 26.2 Å². The molecule has 1 atom stereocenters. The Kier molecular flexibility index (Phi) is 5.61. The zero-order valence-corrected chi connectivity index (χ0v) is 14.1. The Morgan fingerprint density at radius 2 is 2.13 bits per heavy atom. The number of hydrogen-bond donors (Lipinski definition) is 2. The number of nitrogens with one attached hydrogen (secondary N) is 1. The molecule has 0 saturated heterocycles. The number of carbonyl (C=O) groups excluding carboxylic acids is 1. The van der Waals surface area contributed by atoms with E-state index in [4.69, 9.17) is 9.84 Å². The van der Waals surface area contributed by atoms with Crippen molar-refractivity contribution in [2.24, 2.45) is 0 Å². The minimum atomic E-state index is -3.71. The number of carbonyl (C=O) groups is 1. The molecule has 0 fully saturated rings. The maximum absolute atomic E-state index is 12.4. The van der Waals surface area contributed by atoms with E-state index in [0.717, 1.165) is 17.1 Å². The van der Waals surface area contributed by atoms with Crippen LogP contribution in [0.25, 0.3) is 0 Å². The van der Waals surface area contributed by atoms with Crippen LogP contribution in [-0.4, -0.2) is 50.0 Å². The summed E-state index contributed by atoms with van der Waals surface area (Å²) in [6, 6.07) is 4.37. The number of fused-ring (bicyclic) bond motifs is 1. The fraction of sp³-hybridized carbons (Fsp3) is 0.533. The molecule has 0 unspecified atom stereocenters. The van der Waals surface area contributed by atoms with Crippen molar-refractivity contribution in [1.82, 2.24) is 4.31 Å². The molecule has 8 heteroatoms. The summed E-state index contributed by atoms with van der Waals surface area (Å²) in [5.41, 5.74) is 0.348. The summed E-state index contributed by atoms with van der Waals surface area (Å²) in [7, 11) is -2.32. The van der Waals surface area contributed by atoms with E-state index < -0.39 is 16.1 Å². The van der Waals surface area contributed by atoms with Crippen LogP contribution < -0.4 is 10.1 Å². The largest absolute Gasteiger partial charge is 0.478 e. The van der Waals surface area contributed by atoms with Crippen LogP contribution in [0, 0.1) is 0 Å². The Morgan fingerprint density at radius 1 is 1.39 bits per heavy atom. The smallest absolute Gasteiger partial charge is 0.265 e. The molecule has 0 aliphatic carbocycles. The summed E-state index contributed by atoms with van der Waals surface area (Å²) in [6.07, 6.45) is 1.93. The standard InChI is InChI=1S/C15H22N2O5S/c1-3-4-5-14-15(19)16-12-10-11(6-7-13(12)22-14)23(20,21)17(2)8-9-18/h6-7,10,14,18H,3-5,8-9H2,1-2H3,(H,16,19)/t14-/m1/s1. The number of unbranched alkanes of at least 4 members (excludes halogenated alkanes) is 1. The Morgan fingerprint density at radius 3 is 2.78 bits per heavy atom. The average Bonchev–Trinajstić information content (AvgIpc) is 2.52. The lowest BCUT2D eigenvalue weighted by Gasteiger charge is -2.26. The van der Waals surface area contributed by atoms with E-state index in [-0.39, 0.29) is 24.0 Å². The van der Waals surface area contributed by atoms with Gasteiger partial charge in [0.25, 0.3) is 5.91 Å². The number of hydrogen-bond acceptors (Lipinski definition) is 5. The van der Waals surface area contributed by atoms with Crippen LogP contribution in [0.5, 0.6) is 5.75 Å². The van der Waals surface area contributed by atoms with Crippen LogP contribution in [0.3, 0.4) is 0 Å². The quantitative estimate of drug-likeness (QED) is 0.776. The van der Waals surface area contributed by atoms with Crippen molar-refractivity contribution in [3.8, 4) is 5.75 Å². The first-order valence-electron chi connectivity index (χ1n) is 7.59. The summed E-state index contributed by atoms with van der Waals surface area (Å²) >= 11 is 0. The summed E-state index contributed by atoms with van der Waals surface area (Å²) in [6.45, 7) is 1.77. The van der Waals surface area contributed by atoms with Gasteiger partial charge in [-0.05, 0) is 31.0 Å². The molecule has 2 rings (SSSR count). The molecule has 0 aromatic heterocycles. The molecular weight excluding hydrogens is 320 g/mol. The second-order valence-electron chi connectivity index (χ2n) is 5.45. The predicted molar refractivity (Wildman–Crippen MR) is 85.9 cm³/mol. The van der Waals surface area contributed by atoms with Crippen LogP contribution >= 0.6 is 0 Å². The summed E-state index contributed by atoms with van der Waals surface area (Å²) in [4.78, 5) is 12.1. The number of likely N-dealkylation sites (N-methyl/N-ethyl adjacent to an activating group) is 1. The van der Waals surface area contributed by atoms with Crippen molar-refractivity contribution < 1.29 is 23.1 Å². The Bertz CT molecular complexity index is 674. The third-order valence-electron chi connectivity index (χ3n) is 3.71. The van der Waals surface area contributed by atoms with Crippen LogP contribution in [0.2, 0.25) is 0 Å². The normalized spacial score (nSPS) is 17.6. The molecule has 0 bridgehead atoms. The maximum atomic E-state index is 12.4. The minimum Gasteiger partial charge on any atom is -0.478 e. The van der Waals surface area contributed by atoms with Gasteiger partial charge in [0.15, 0.2) is 6.10 Å². The molecule has 1 amide bonds. The van der Waals surface area contributed by atoms with Crippen LogP contribution in [0.4, 0.5) is 5.69 Å². The van der Waals surface area contributed by atoms with Gasteiger partial charge >= 0.3 is 0 Å². The van der Waals surface area contributed by atoms with E-state index in [1.165, 1.54) is 19.2 Å². The van der Waals surface area contributed by atoms with Gasteiger partial charge in [-0.3, -0.25) is 4.79 Å². The molecule has 0 spiro atoms. The molecule has 1 heterocycles. The van der Waals surface area contributed by atoms with Gasteiger partial charge in [-0.2, -0.15) is 4.31 Å². The molecule has 0 saturated carbocycles. The third-order valence-corrected chi connectivity index (χ3v) is 5.57. The highest BCUT2D eigenvalue weighted by Gasteiger charge is 2.29. The number of benzene rings is 1. The minimum absolute atomic E-state index is 0.00136. The summed E-state index contributed by atoms with van der Waals surface area (Å²) in [5.74, 6) is 0.207. The van der Waals surface area contributed by atoms with Crippen LogP contribution in [0.15, 0.2) is 23.1 Å². The topological polar surface area (TPSA) is 95.9 Å². The molecule has 0 radical (unpaired) electrons. The van der Waals surface area contributed by atoms with Crippen molar-refractivity contribution in [3.05, 3.63) is 18.2 Å². The van der Waals surface area contributed by atoms with E-state index >= 15 is 0 Å². The SMILES string of the molecule is CCCC[C@H]1Oc2ccc(S(=O)(=O)N(C)CCO)cc2NC1=O. The highest BCUT2D eigenvalue weighted by atomic mass is 32.2. The predicted octanol–water partition coefficient (Wildman–Crippen LogP) is 1.19. The number of amides is 1. The highest BCUT2D eigenvalue weighted by molar-refractivity contribution is 7.89. The number of nitrogens with zero attached hydrogens (tertiary/aromatic N) is 1. The lowest BCUT2D eigenvalue weighted by atomic mass is 10.1. The maximum Gasteiger partial charge on any atom is 0.265 e. The first-order valence-corrected chi connectivity index (χ1v) is 9.03. The van der Waals surface area contributed by atoms with Crippen molar-refractivity contribution in [3.63, 3.8) is 0 Å². The second kappa shape index (κ2) is 7.29. The molecule has 1 aliphatic rings.